The fraction of sp³-hybridized carbons (Fsp3) is 0.294. The molecular weight excluding hydrogens is 328 g/mol. The van der Waals surface area contributed by atoms with Crippen LogP contribution in [0, 0.1) is 10.1 Å². The second kappa shape index (κ2) is 5.90. The molecule has 0 N–H and O–H groups in total. The molecule has 0 spiro atoms. The molecule has 0 aliphatic heterocycles. The van der Waals surface area contributed by atoms with E-state index in [-0.39, 0.29) is 16.6 Å². The molecule has 1 aliphatic carbocycles. The summed E-state index contributed by atoms with van der Waals surface area (Å²) in [6, 6.07) is 12.2. The lowest BCUT2D eigenvalue weighted by Crippen LogP contribution is -2.23. The van der Waals surface area contributed by atoms with Crippen LogP contribution in [0.2, 0.25) is 0 Å². The molecule has 0 saturated heterocycles. The Hall–Kier alpha value is -2.41. The Labute approximate surface area is 140 Å². The van der Waals surface area contributed by atoms with E-state index in [4.69, 9.17) is 0 Å². The summed E-state index contributed by atoms with van der Waals surface area (Å²) in [5.41, 5.74) is 2.66. The number of aryl methyl sites for hydroxylation is 1. The zero-order valence-corrected chi connectivity index (χ0v) is 14.3. The van der Waals surface area contributed by atoms with Gasteiger partial charge in [-0.05, 0) is 36.1 Å². The Morgan fingerprint density at radius 3 is 2.58 bits per heavy atom. The van der Waals surface area contributed by atoms with Crippen molar-refractivity contribution in [3.05, 3.63) is 63.7 Å². The number of benzene rings is 2. The zero-order chi connectivity index (χ0) is 17.5. The summed E-state index contributed by atoms with van der Waals surface area (Å²) in [5.74, 6) is 0. The minimum atomic E-state index is -3.49. The second-order valence-corrected chi connectivity index (χ2v) is 8.06. The van der Waals surface area contributed by atoms with Gasteiger partial charge < -0.3 is 4.90 Å². The van der Waals surface area contributed by atoms with E-state index in [1.807, 2.05) is 30.1 Å². The fourth-order valence-electron chi connectivity index (χ4n) is 3.28. The molecule has 1 aliphatic rings. The van der Waals surface area contributed by atoms with Crippen LogP contribution in [0.25, 0.3) is 0 Å². The van der Waals surface area contributed by atoms with Crippen molar-refractivity contribution in [1.29, 1.82) is 0 Å². The lowest BCUT2D eigenvalue weighted by molar-refractivity contribution is -0.384. The molecule has 0 saturated carbocycles. The first-order valence-electron chi connectivity index (χ1n) is 7.58. The van der Waals surface area contributed by atoms with E-state index in [9.17, 15) is 18.5 Å². The van der Waals surface area contributed by atoms with E-state index in [0.29, 0.717) is 5.69 Å². The number of nitro groups is 1. The summed E-state index contributed by atoms with van der Waals surface area (Å²) in [7, 11) is -1.68. The topological polar surface area (TPSA) is 80.5 Å². The van der Waals surface area contributed by atoms with Crippen molar-refractivity contribution in [1.82, 2.24) is 0 Å². The molecule has 1 atom stereocenters. The van der Waals surface area contributed by atoms with Gasteiger partial charge in [-0.15, -0.1) is 0 Å². The van der Waals surface area contributed by atoms with Gasteiger partial charge in [0.15, 0.2) is 9.84 Å². The van der Waals surface area contributed by atoms with Crippen LogP contribution in [0.5, 0.6) is 0 Å². The normalized spacial score (nSPS) is 16.7. The number of hydrogen-bond donors (Lipinski definition) is 0. The number of nitro benzene ring substituents is 1. The van der Waals surface area contributed by atoms with Crippen molar-refractivity contribution in [3.63, 3.8) is 0 Å². The first kappa shape index (κ1) is 16.4. The Bertz CT molecular complexity index is 909. The van der Waals surface area contributed by atoms with Crippen LogP contribution >= 0.6 is 0 Å². The first-order chi connectivity index (χ1) is 11.3. The molecular formula is C17H18N2O4S. The molecule has 7 heteroatoms. The summed E-state index contributed by atoms with van der Waals surface area (Å²) in [6.45, 7) is 0. The highest BCUT2D eigenvalue weighted by Crippen LogP contribution is 2.40. The van der Waals surface area contributed by atoms with Crippen LogP contribution in [-0.4, -0.2) is 26.6 Å². The second-order valence-electron chi connectivity index (χ2n) is 6.04. The van der Waals surface area contributed by atoms with Crippen molar-refractivity contribution < 1.29 is 13.3 Å². The maximum Gasteiger partial charge on any atom is 0.293 e. The third-order valence-electron chi connectivity index (χ3n) is 4.52. The minimum absolute atomic E-state index is 0.0434. The molecule has 0 amide bonds. The zero-order valence-electron chi connectivity index (χ0n) is 13.5. The molecule has 0 fully saturated rings. The molecule has 6 nitrogen and oxygen atoms in total. The summed E-state index contributed by atoms with van der Waals surface area (Å²) >= 11 is 0. The van der Waals surface area contributed by atoms with Gasteiger partial charge in [0.2, 0.25) is 0 Å². The molecule has 0 aromatic heterocycles. The van der Waals surface area contributed by atoms with E-state index < -0.39 is 14.8 Å². The van der Waals surface area contributed by atoms with Crippen LogP contribution in [0.15, 0.2) is 47.4 Å². The average molecular weight is 346 g/mol. The molecule has 2 aromatic rings. The molecule has 3 rings (SSSR count). The van der Waals surface area contributed by atoms with Crippen LogP contribution in [0.4, 0.5) is 11.4 Å². The van der Waals surface area contributed by atoms with Crippen LogP contribution in [0.1, 0.15) is 23.6 Å². The molecule has 0 radical (unpaired) electrons. The molecule has 1 unspecified atom stereocenters. The van der Waals surface area contributed by atoms with Crippen molar-refractivity contribution in [3.8, 4) is 0 Å². The number of nitrogens with zero attached hydrogens (tertiary/aromatic N) is 2. The van der Waals surface area contributed by atoms with Gasteiger partial charge in [-0.3, -0.25) is 10.1 Å². The Kier molecular flexibility index (Phi) is 4.04. The highest BCUT2D eigenvalue weighted by Gasteiger charge is 2.30. The molecule has 126 valence electrons. The van der Waals surface area contributed by atoms with Crippen LogP contribution in [-0.2, 0) is 16.3 Å². The number of sulfone groups is 1. The van der Waals surface area contributed by atoms with E-state index in [0.717, 1.165) is 25.2 Å². The SMILES string of the molecule is CN(c1ccc(S(C)(=O)=O)cc1[N+](=O)[O-])C1CCc2ccccc21. The number of hydrogen-bond acceptors (Lipinski definition) is 5. The lowest BCUT2D eigenvalue weighted by Gasteiger charge is -2.27. The monoisotopic (exact) mass is 346 g/mol. The van der Waals surface area contributed by atoms with Crippen molar-refractivity contribution in [2.24, 2.45) is 0 Å². The Morgan fingerprint density at radius 1 is 1.21 bits per heavy atom. The van der Waals surface area contributed by atoms with E-state index in [2.05, 4.69) is 6.07 Å². The molecule has 2 aromatic carbocycles. The summed E-state index contributed by atoms with van der Waals surface area (Å²) in [6.07, 6.45) is 2.85. The highest BCUT2D eigenvalue weighted by atomic mass is 32.2. The maximum absolute atomic E-state index is 11.7. The van der Waals surface area contributed by atoms with E-state index >= 15 is 0 Å². The average Bonchev–Trinajstić information content (AvgIpc) is 2.96. The van der Waals surface area contributed by atoms with Gasteiger partial charge in [0.25, 0.3) is 5.69 Å². The highest BCUT2D eigenvalue weighted by molar-refractivity contribution is 7.90. The minimum Gasteiger partial charge on any atom is -0.362 e. The maximum atomic E-state index is 11.7. The van der Waals surface area contributed by atoms with E-state index in [1.54, 1.807) is 0 Å². The first-order valence-corrected chi connectivity index (χ1v) is 9.47. The molecule has 0 bridgehead atoms. The van der Waals surface area contributed by atoms with Gasteiger partial charge in [0, 0.05) is 19.4 Å². The van der Waals surface area contributed by atoms with Gasteiger partial charge in [0.1, 0.15) is 5.69 Å². The largest absolute Gasteiger partial charge is 0.362 e. The fourth-order valence-corrected chi connectivity index (χ4v) is 3.92. The molecule has 0 heterocycles. The number of rotatable bonds is 4. The van der Waals surface area contributed by atoms with Crippen LogP contribution in [0.3, 0.4) is 0 Å². The van der Waals surface area contributed by atoms with Gasteiger partial charge in [-0.1, -0.05) is 24.3 Å². The predicted octanol–water partition coefficient (Wildman–Crippen LogP) is 3.12. The smallest absolute Gasteiger partial charge is 0.293 e. The quantitative estimate of drug-likeness (QED) is 0.627. The lowest BCUT2D eigenvalue weighted by atomic mass is 10.1. The van der Waals surface area contributed by atoms with Crippen LogP contribution < -0.4 is 4.90 Å². The van der Waals surface area contributed by atoms with Crippen molar-refractivity contribution >= 4 is 21.2 Å². The van der Waals surface area contributed by atoms with E-state index in [1.165, 1.54) is 23.3 Å². The van der Waals surface area contributed by atoms with Gasteiger partial charge in [-0.25, -0.2) is 8.42 Å². The van der Waals surface area contributed by atoms with Gasteiger partial charge in [0.05, 0.1) is 15.9 Å². The summed E-state index contributed by atoms with van der Waals surface area (Å²) < 4.78 is 23.3. The Balaban J connectivity index is 2.05. The third kappa shape index (κ3) is 2.87. The summed E-state index contributed by atoms with van der Waals surface area (Å²) in [4.78, 5) is 12.8. The predicted molar refractivity (Wildman–Crippen MR) is 92.1 cm³/mol. The standard InChI is InChI=1S/C17H18N2O4S/c1-18(15-9-7-12-5-3-4-6-14(12)15)16-10-8-13(24(2,22)23)11-17(16)19(20)21/h3-6,8,10-11,15H,7,9H2,1-2H3. The Morgan fingerprint density at radius 2 is 1.92 bits per heavy atom. The van der Waals surface area contributed by atoms with Crippen molar-refractivity contribution in [2.75, 3.05) is 18.2 Å². The van der Waals surface area contributed by atoms with Gasteiger partial charge in [-0.2, -0.15) is 0 Å². The molecule has 24 heavy (non-hydrogen) atoms. The number of anilines is 1. The summed E-state index contributed by atoms with van der Waals surface area (Å²) in [5, 5.41) is 11.4. The number of fused-ring (bicyclic) bond motifs is 1. The van der Waals surface area contributed by atoms with Gasteiger partial charge >= 0.3 is 0 Å². The third-order valence-corrected chi connectivity index (χ3v) is 5.63. The van der Waals surface area contributed by atoms with Crippen molar-refractivity contribution in [2.45, 2.75) is 23.8 Å².